The van der Waals surface area contributed by atoms with Crippen molar-refractivity contribution in [3.8, 4) is 11.5 Å². The molecule has 0 aliphatic carbocycles. The first-order chi connectivity index (χ1) is 9.83. The molecule has 112 valence electrons. The average molecular weight is 292 g/mol. The molecule has 21 heavy (non-hydrogen) atoms. The Morgan fingerprint density at radius 1 is 1.14 bits per heavy atom. The fraction of sp³-hybridized carbons (Fsp3) is 0.312. The molecule has 0 amide bonds. The van der Waals surface area contributed by atoms with Crippen LogP contribution in [0.15, 0.2) is 36.7 Å². The van der Waals surface area contributed by atoms with Crippen LogP contribution in [0.5, 0.6) is 11.5 Å². The summed E-state index contributed by atoms with van der Waals surface area (Å²) in [6, 6.07) is 4.76. The molecule has 1 heterocycles. The second kappa shape index (κ2) is 6.18. The van der Waals surface area contributed by atoms with Crippen LogP contribution in [0.3, 0.4) is 0 Å². The van der Waals surface area contributed by atoms with Gasteiger partial charge in [0.1, 0.15) is 23.1 Å². The Balaban J connectivity index is 2.20. The molecule has 0 saturated heterocycles. The minimum Gasteiger partial charge on any atom is -0.457 e. The van der Waals surface area contributed by atoms with Crippen LogP contribution in [0, 0.1) is 11.6 Å². The maximum Gasteiger partial charge on any atom is 0.134 e. The smallest absolute Gasteiger partial charge is 0.134 e. The van der Waals surface area contributed by atoms with E-state index in [1.165, 1.54) is 0 Å². The van der Waals surface area contributed by atoms with Crippen LogP contribution in [0.1, 0.15) is 26.3 Å². The highest BCUT2D eigenvalue weighted by atomic mass is 19.1. The van der Waals surface area contributed by atoms with Gasteiger partial charge in [-0.15, -0.1) is 0 Å². The van der Waals surface area contributed by atoms with E-state index in [1.807, 2.05) is 20.8 Å². The molecule has 1 N–H and O–H groups in total. The highest BCUT2D eigenvalue weighted by molar-refractivity contribution is 5.36. The van der Waals surface area contributed by atoms with Gasteiger partial charge in [0, 0.05) is 48.2 Å². The number of ether oxygens (including phenoxy) is 1. The van der Waals surface area contributed by atoms with Crippen molar-refractivity contribution >= 4 is 0 Å². The Labute approximate surface area is 123 Å². The molecule has 0 aliphatic rings. The Hall–Kier alpha value is -2.01. The molecule has 0 unspecified atom stereocenters. The fourth-order valence-electron chi connectivity index (χ4n) is 1.72. The predicted molar refractivity (Wildman–Crippen MR) is 77.3 cm³/mol. The maximum absolute atomic E-state index is 13.2. The number of rotatable bonds is 4. The monoisotopic (exact) mass is 292 g/mol. The average Bonchev–Trinajstić information content (AvgIpc) is 2.35. The van der Waals surface area contributed by atoms with Crippen LogP contribution >= 0.6 is 0 Å². The number of aromatic nitrogens is 1. The van der Waals surface area contributed by atoms with Crippen molar-refractivity contribution in [2.45, 2.75) is 32.9 Å². The number of benzene rings is 1. The van der Waals surface area contributed by atoms with E-state index in [2.05, 4.69) is 10.3 Å². The number of pyridine rings is 1. The van der Waals surface area contributed by atoms with Gasteiger partial charge in [-0.3, -0.25) is 4.98 Å². The van der Waals surface area contributed by atoms with Crippen molar-refractivity contribution in [1.82, 2.24) is 10.3 Å². The van der Waals surface area contributed by atoms with Crippen LogP contribution in [0.4, 0.5) is 8.78 Å². The number of hydrogen-bond acceptors (Lipinski definition) is 3. The van der Waals surface area contributed by atoms with Crippen molar-refractivity contribution in [3.05, 3.63) is 53.9 Å². The summed E-state index contributed by atoms with van der Waals surface area (Å²) in [5, 5.41) is 3.32. The van der Waals surface area contributed by atoms with Gasteiger partial charge < -0.3 is 10.1 Å². The van der Waals surface area contributed by atoms with E-state index < -0.39 is 11.6 Å². The minimum atomic E-state index is -0.673. The molecule has 0 fully saturated rings. The van der Waals surface area contributed by atoms with Gasteiger partial charge in [-0.1, -0.05) is 0 Å². The van der Waals surface area contributed by atoms with Gasteiger partial charge in [0.2, 0.25) is 0 Å². The zero-order valence-corrected chi connectivity index (χ0v) is 12.3. The van der Waals surface area contributed by atoms with Crippen LogP contribution in [0.2, 0.25) is 0 Å². The molecule has 0 saturated carbocycles. The number of nitrogens with one attached hydrogen (secondary N) is 1. The largest absolute Gasteiger partial charge is 0.457 e. The summed E-state index contributed by atoms with van der Waals surface area (Å²) in [4.78, 5) is 4.05. The van der Waals surface area contributed by atoms with Gasteiger partial charge in [0.15, 0.2) is 0 Å². The summed E-state index contributed by atoms with van der Waals surface area (Å²) in [5.41, 5.74) is 0.759. The normalized spacial score (nSPS) is 11.5. The SMILES string of the molecule is CC(C)(C)NCc1cnccc1Oc1cc(F)cc(F)c1. The quantitative estimate of drug-likeness (QED) is 0.923. The second-order valence-electron chi connectivity index (χ2n) is 5.79. The highest BCUT2D eigenvalue weighted by Crippen LogP contribution is 2.26. The first-order valence-electron chi connectivity index (χ1n) is 6.65. The van der Waals surface area contributed by atoms with E-state index in [0.29, 0.717) is 12.3 Å². The van der Waals surface area contributed by atoms with Gasteiger partial charge in [0.25, 0.3) is 0 Å². The molecule has 1 aromatic carbocycles. The lowest BCUT2D eigenvalue weighted by molar-refractivity contribution is 0.412. The van der Waals surface area contributed by atoms with E-state index in [4.69, 9.17) is 4.74 Å². The molecule has 2 aromatic rings. The lowest BCUT2D eigenvalue weighted by Gasteiger charge is -2.21. The molecule has 0 bridgehead atoms. The molecule has 3 nitrogen and oxygen atoms in total. The molecule has 5 heteroatoms. The van der Waals surface area contributed by atoms with E-state index >= 15 is 0 Å². The molecule has 0 atom stereocenters. The van der Waals surface area contributed by atoms with Crippen LogP contribution < -0.4 is 10.1 Å². The topological polar surface area (TPSA) is 34.2 Å². The molecular weight excluding hydrogens is 274 g/mol. The summed E-state index contributed by atoms with van der Waals surface area (Å²) in [6.07, 6.45) is 3.25. The zero-order chi connectivity index (χ0) is 15.5. The molecule has 1 aromatic heterocycles. The Bertz CT molecular complexity index is 604. The van der Waals surface area contributed by atoms with Crippen LogP contribution in [-0.4, -0.2) is 10.5 Å². The predicted octanol–water partition coefficient (Wildman–Crippen LogP) is 4.04. The van der Waals surface area contributed by atoms with Crippen molar-refractivity contribution < 1.29 is 13.5 Å². The van der Waals surface area contributed by atoms with E-state index in [0.717, 1.165) is 23.8 Å². The van der Waals surface area contributed by atoms with E-state index in [1.54, 1.807) is 18.5 Å². The second-order valence-corrected chi connectivity index (χ2v) is 5.79. The van der Waals surface area contributed by atoms with Gasteiger partial charge in [-0.2, -0.15) is 0 Å². The van der Waals surface area contributed by atoms with E-state index in [9.17, 15) is 8.78 Å². The molecule has 0 spiro atoms. The van der Waals surface area contributed by atoms with Crippen molar-refractivity contribution in [2.75, 3.05) is 0 Å². The van der Waals surface area contributed by atoms with Crippen LogP contribution in [-0.2, 0) is 6.54 Å². The first-order valence-corrected chi connectivity index (χ1v) is 6.65. The number of hydrogen-bond donors (Lipinski definition) is 1. The first kappa shape index (κ1) is 15.4. The third-order valence-electron chi connectivity index (χ3n) is 2.73. The lowest BCUT2D eigenvalue weighted by atomic mass is 10.1. The molecule has 0 radical (unpaired) electrons. The molecular formula is C16H18F2N2O. The Morgan fingerprint density at radius 3 is 2.43 bits per heavy atom. The fourth-order valence-corrected chi connectivity index (χ4v) is 1.72. The third-order valence-corrected chi connectivity index (χ3v) is 2.73. The van der Waals surface area contributed by atoms with Crippen LogP contribution in [0.25, 0.3) is 0 Å². The van der Waals surface area contributed by atoms with Gasteiger partial charge in [-0.05, 0) is 26.8 Å². The summed E-state index contributed by atoms with van der Waals surface area (Å²) >= 11 is 0. The van der Waals surface area contributed by atoms with E-state index in [-0.39, 0.29) is 11.3 Å². The summed E-state index contributed by atoms with van der Waals surface area (Å²) in [5.74, 6) is -0.704. The highest BCUT2D eigenvalue weighted by Gasteiger charge is 2.12. The van der Waals surface area contributed by atoms with Gasteiger partial charge in [-0.25, -0.2) is 8.78 Å². The zero-order valence-electron chi connectivity index (χ0n) is 12.3. The Kier molecular flexibility index (Phi) is 4.53. The lowest BCUT2D eigenvalue weighted by Crippen LogP contribution is -2.35. The van der Waals surface area contributed by atoms with Crippen molar-refractivity contribution in [1.29, 1.82) is 0 Å². The summed E-state index contributed by atoms with van der Waals surface area (Å²) in [6.45, 7) is 6.69. The molecule has 2 rings (SSSR count). The summed E-state index contributed by atoms with van der Waals surface area (Å²) in [7, 11) is 0. The molecule has 0 aliphatic heterocycles. The third kappa shape index (κ3) is 4.79. The van der Waals surface area contributed by atoms with Crippen molar-refractivity contribution in [2.24, 2.45) is 0 Å². The van der Waals surface area contributed by atoms with Gasteiger partial charge >= 0.3 is 0 Å². The number of nitrogens with zero attached hydrogens (tertiary/aromatic N) is 1. The summed E-state index contributed by atoms with van der Waals surface area (Å²) < 4.78 is 32.0. The van der Waals surface area contributed by atoms with Gasteiger partial charge in [0.05, 0.1) is 0 Å². The van der Waals surface area contributed by atoms with Crippen molar-refractivity contribution in [3.63, 3.8) is 0 Å². The number of halogens is 2. The standard InChI is InChI=1S/C16H18F2N2O/c1-16(2,3)20-10-11-9-19-5-4-15(11)21-14-7-12(17)6-13(18)8-14/h4-9,20H,10H2,1-3H3. The maximum atomic E-state index is 13.2. The minimum absolute atomic E-state index is 0.0575. The Morgan fingerprint density at radius 2 is 1.81 bits per heavy atom.